The Labute approximate surface area is 114 Å². The predicted molar refractivity (Wildman–Crippen MR) is 73.6 cm³/mol. The lowest BCUT2D eigenvalue weighted by Gasteiger charge is -1.98. The molecule has 19 heavy (non-hydrogen) atoms. The molecule has 0 radical (unpaired) electrons. The summed E-state index contributed by atoms with van der Waals surface area (Å²) < 4.78 is 5.69. The molecule has 0 unspecified atom stereocenters. The number of rotatable bonds is 2. The Morgan fingerprint density at radius 2 is 1.95 bits per heavy atom. The summed E-state index contributed by atoms with van der Waals surface area (Å²) in [7, 11) is 0. The summed E-state index contributed by atoms with van der Waals surface area (Å²) in [6.07, 6.45) is 0. The molecule has 3 aromatic rings. The highest BCUT2D eigenvalue weighted by atomic mass is 35.5. The van der Waals surface area contributed by atoms with E-state index in [-0.39, 0.29) is 5.56 Å². The number of carboxylic acids is 1. The molecule has 0 spiro atoms. The van der Waals surface area contributed by atoms with Crippen molar-refractivity contribution >= 4 is 28.5 Å². The number of carboxylic acid groups (broad SMARTS) is 1. The Morgan fingerprint density at radius 1 is 1.11 bits per heavy atom. The fraction of sp³-hybridized carbons (Fsp3) is 0. The van der Waals surface area contributed by atoms with Gasteiger partial charge in [0.2, 0.25) is 0 Å². The quantitative estimate of drug-likeness (QED) is 0.750. The number of benzene rings is 2. The molecule has 94 valence electrons. The molecule has 0 saturated carbocycles. The van der Waals surface area contributed by atoms with Crippen LogP contribution in [0.5, 0.6) is 0 Å². The Balaban J connectivity index is 2.13. The third kappa shape index (κ3) is 2.20. The van der Waals surface area contributed by atoms with Gasteiger partial charge >= 0.3 is 5.97 Å². The van der Waals surface area contributed by atoms with E-state index in [1.807, 2.05) is 18.2 Å². The number of hydrogen-bond acceptors (Lipinski definition) is 2. The first-order valence-corrected chi connectivity index (χ1v) is 6.04. The van der Waals surface area contributed by atoms with Crippen molar-refractivity contribution in [2.75, 3.05) is 0 Å². The molecule has 0 aliphatic rings. The van der Waals surface area contributed by atoms with Crippen LogP contribution in [-0.4, -0.2) is 11.1 Å². The van der Waals surface area contributed by atoms with Gasteiger partial charge in [-0.2, -0.15) is 0 Å². The van der Waals surface area contributed by atoms with Crippen molar-refractivity contribution in [3.8, 4) is 11.3 Å². The summed E-state index contributed by atoms with van der Waals surface area (Å²) >= 11 is 5.92. The molecule has 0 bridgehead atoms. The number of furan rings is 1. The summed E-state index contributed by atoms with van der Waals surface area (Å²) in [6.45, 7) is 0. The molecule has 3 nitrogen and oxygen atoms in total. The maximum Gasteiger partial charge on any atom is 0.335 e. The first-order chi connectivity index (χ1) is 9.13. The first kappa shape index (κ1) is 11.8. The van der Waals surface area contributed by atoms with Crippen LogP contribution in [0.1, 0.15) is 10.4 Å². The maximum absolute atomic E-state index is 11.0. The molecule has 0 atom stereocenters. The van der Waals surface area contributed by atoms with Crippen LogP contribution in [0.25, 0.3) is 22.3 Å². The van der Waals surface area contributed by atoms with E-state index in [1.165, 1.54) is 0 Å². The lowest BCUT2D eigenvalue weighted by molar-refractivity contribution is 0.0697. The summed E-state index contributed by atoms with van der Waals surface area (Å²) in [5.74, 6) is -0.332. The van der Waals surface area contributed by atoms with Gasteiger partial charge in [0, 0.05) is 16.0 Å². The molecule has 1 aromatic heterocycles. The van der Waals surface area contributed by atoms with E-state index in [2.05, 4.69) is 0 Å². The van der Waals surface area contributed by atoms with E-state index in [9.17, 15) is 4.79 Å². The van der Waals surface area contributed by atoms with E-state index >= 15 is 0 Å². The number of hydrogen-bond donors (Lipinski definition) is 1. The summed E-state index contributed by atoms with van der Waals surface area (Å²) in [5, 5.41) is 10.5. The van der Waals surface area contributed by atoms with Crippen LogP contribution in [-0.2, 0) is 0 Å². The van der Waals surface area contributed by atoms with E-state index in [1.54, 1.807) is 30.3 Å². The zero-order chi connectivity index (χ0) is 13.4. The normalized spacial score (nSPS) is 10.8. The zero-order valence-corrected chi connectivity index (χ0v) is 10.5. The van der Waals surface area contributed by atoms with Crippen LogP contribution in [0, 0.1) is 0 Å². The van der Waals surface area contributed by atoms with E-state index in [0.717, 1.165) is 16.5 Å². The lowest BCUT2D eigenvalue weighted by atomic mass is 10.1. The van der Waals surface area contributed by atoms with E-state index in [0.29, 0.717) is 10.8 Å². The van der Waals surface area contributed by atoms with Crippen molar-refractivity contribution in [1.29, 1.82) is 0 Å². The van der Waals surface area contributed by atoms with Crippen LogP contribution in [0.4, 0.5) is 0 Å². The molecule has 1 N–H and O–H groups in total. The minimum atomic E-state index is -0.957. The summed E-state index contributed by atoms with van der Waals surface area (Å²) in [6, 6.07) is 13.8. The first-order valence-electron chi connectivity index (χ1n) is 5.66. The van der Waals surface area contributed by atoms with Crippen molar-refractivity contribution in [2.45, 2.75) is 0 Å². The van der Waals surface area contributed by atoms with Gasteiger partial charge in [-0.15, -0.1) is 0 Å². The minimum Gasteiger partial charge on any atom is -0.478 e. The van der Waals surface area contributed by atoms with Gasteiger partial charge < -0.3 is 9.52 Å². The number of carbonyl (C=O) groups is 1. The topological polar surface area (TPSA) is 50.4 Å². The Hall–Kier alpha value is -2.26. The second-order valence-electron chi connectivity index (χ2n) is 4.18. The van der Waals surface area contributed by atoms with Gasteiger partial charge in [0.15, 0.2) is 0 Å². The minimum absolute atomic E-state index is 0.232. The molecule has 2 aromatic carbocycles. The fourth-order valence-electron chi connectivity index (χ4n) is 1.96. The molecule has 4 heteroatoms. The molecular formula is C15H9ClO3. The SMILES string of the molecule is O=C(O)c1cccc(-c2cc3cc(Cl)ccc3o2)c1. The Bertz CT molecular complexity index is 774. The average Bonchev–Trinajstić information content (AvgIpc) is 2.81. The summed E-state index contributed by atoms with van der Waals surface area (Å²) in [5.41, 5.74) is 1.68. The highest BCUT2D eigenvalue weighted by molar-refractivity contribution is 6.31. The van der Waals surface area contributed by atoms with Crippen LogP contribution in [0.3, 0.4) is 0 Å². The molecule has 0 aliphatic heterocycles. The van der Waals surface area contributed by atoms with Gasteiger partial charge in [0.25, 0.3) is 0 Å². The van der Waals surface area contributed by atoms with Gasteiger partial charge in [0.05, 0.1) is 5.56 Å². The molecule has 3 rings (SSSR count). The Kier molecular flexibility index (Phi) is 2.76. The average molecular weight is 273 g/mol. The van der Waals surface area contributed by atoms with Gasteiger partial charge in [-0.1, -0.05) is 23.7 Å². The van der Waals surface area contributed by atoms with Crippen LogP contribution < -0.4 is 0 Å². The largest absolute Gasteiger partial charge is 0.478 e. The number of halogens is 1. The number of aromatic carboxylic acids is 1. The van der Waals surface area contributed by atoms with Gasteiger partial charge in [-0.05, 0) is 36.4 Å². The van der Waals surface area contributed by atoms with Gasteiger partial charge in [0.1, 0.15) is 11.3 Å². The van der Waals surface area contributed by atoms with Crippen LogP contribution in [0.2, 0.25) is 5.02 Å². The third-order valence-corrected chi connectivity index (χ3v) is 3.11. The molecule has 1 heterocycles. The summed E-state index contributed by atoms with van der Waals surface area (Å²) in [4.78, 5) is 11.0. The van der Waals surface area contributed by atoms with Crippen LogP contribution in [0.15, 0.2) is 52.9 Å². The van der Waals surface area contributed by atoms with Crippen molar-refractivity contribution in [1.82, 2.24) is 0 Å². The molecule has 0 fully saturated rings. The van der Waals surface area contributed by atoms with E-state index < -0.39 is 5.97 Å². The fourth-order valence-corrected chi connectivity index (χ4v) is 2.14. The van der Waals surface area contributed by atoms with Crippen molar-refractivity contribution in [3.05, 3.63) is 59.1 Å². The monoisotopic (exact) mass is 272 g/mol. The molecular weight excluding hydrogens is 264 g/mol. The standard InChI is InChI=1S/C15H9ClO3/c16-12-4-5-13-11(7-12)8-14(19-13)9-2-1-3-10(6-9)15(17)18/h1-8H,(H,17,18). The maximum atomic E-state index is 11.0. The van der Waals surface area contributed by atoms with Crippen molar-refractivity contribution in [2.24, 2.45) is 0 Å². The Morgan fingerprint density at radius 3 is 2.74 bits per heavy atom. The number of fused-ring (bicyclic) bond motifs is 1. The van der Waals surface area contributed by atoms with E-state index in [4.69, 9.17) is 21.1 Å². The molecule has 0 amide bonds. The third-order valence-electron chi connectivity index (χ3n) is 2.87. The molecule has 0 aliphatic carbocycles. The zero-order valence-electron chi connectivity index (χ0n) is 9.76. The lowest BCUT2D eigenvalue weighted by Crippen LogP contribution is -1.95. The highest BCUT2D eigenvalue weighted by Crippen LogP contribution is 2.29. The van der Waals surface area contributed by atoms with Gasteiger partial charge in [-0.3, -0.25) is 0 Å². The predicted octanol–water partition coefficient (Wildman–Crippen LogP) is 4.45. The second-order valence-corrected chi connectivity index (χ2v) is 4.62. The molecule has 0 saturated heterocycles. The van der Waals surface area contributed by atoms with Crippen LogP contribution >= 0.6 is 11.6 Å². The highest BCUT2D eigenvalue weighted by Gasteiger charge is 2.09. The smallest absolute Gasteiger partial charge is 0.335 e. The van der Waals surface area contributed by atoms with Gasteiger partial charge in [-0.25, -0.2) is 4.79 Å². The second kappa shape index (κ2) is 4.44. The van der Waals surface area contributed by atoms with Crippen molar-refractivity contribution in [3.63, 3.8) is 0 Å². The van der Waals surface area contributed by atoms with Crippen molar-refractivity contribution < 1.29 is 14.3 Å².